The second kappa shape index (κ2) is 2.48. The molecule has 0 aromatic heterocycles. The van der Waals surface area contributed by atoms with Crippen molar-refractivity contribution in [1.82, 2.24) is 4.90 Å². The van der Waals surface area contributed by atoms with E-state index in [0.29, 0.717) is 5.41 Å². The number of aliphatic hydroxyl groups is 1. The maximum absolute atomic E-state index is 9.78. The van der Waals surface area contributed by atoms with Gasteiger partial charge in [0.25, 0.3) is 0 Å². The summed E-state index contributed by atoms with van der Waals surface area (Å²) >= 11 is 0. The lowest BCUT2D eigenvalue weighted by Gasteiger charge is -2.33. The molecule has 1 N–H and O–H groups in total. The highest BCUT2D eigenvalue weighted by Gasteiger charge is 2.55. The number of likely N-dealkylation sites (tertiary alicyclic amines) is 1. The zero-order chi connectivity index (χ0) is 9.05. The summed E-state index contributed by atoms with van der Waals surface area (Å²) in [5.74, 6) is 1.95. The number of rotatable bonds is 0. The number of hydrogen-bond acceptors (Lipinski definition) is 2. The van der Waals surface area contributed by atoms with Crippen LogP contribution >= 0.6 is 0 Å². The third kappa shape index (κ3) is 1.02. The largest absolute Gasteiger partial charge is 0.378 e. The first-order valence-electron chi connectivity index (χ1n) is 5.58. The molecule has 0 radical (unpaired) electrons. The van der Waals surface area contributed by atoms with E-state index in [1.807, 2.05) is 0 Å². The monoisotopic (exact) mass is 181 g/mol. The highest BCUT2D eigenvalue weighted by Crippen LogP contribution is 2.60. The molecule has 0 amide bonds. The molecule has 1 heterocycles. The van der Waals surface area contributed by atoms with Crippen LogP contribution in [0.5, 0.6) is 0 Å². The summed E-state index contributed by atoms with van der Waals surface area (Å²) in [5, 5.41) is 9.78. The molecule has 4 atom stereocenters. The Morgan fingerprint density at radius 1 is 1.31 bits per heavy atom. The van der Waals surface area contributed by atoms with Crippen molar-refractivity contribution >= 4 is 0 Å². The Hall–Kier alpha value is -0.0800. The van der Waals surface area contributed by atoms with E-state index < -0.39 is 0 Å². The molecule has 3 fully saturated rings. The second-order valence-electron chi connectivity index (χ2n) is 5.54. The third-order valence-electron chi connectivity index (χ3n) is 4.76. The summed E-state index contributed by atoms with van der Waals surface area (Å²) in [6.07, 6.45) is 6.65. The van der Waals surface area contributed by atoms with Gasteiger partial charge in [-0.1, -0.05) is 6.42 Å². The van der Waals surface area contributed by atoms with E-state index >= 15 is 0 Å². The van der Waals surface area contributed by atoms with Gasteiger partial charge in [0.1, 0.15) is 6.23 Å². The van der Waals surface area contributed by atoms with Crippen molar-refractivity contribution in [3.05, 3.63) is 0 Å². The lowest BCUT2D eigenvalue weighted by Crippen LogP contribution is -2.30. The Morgan fingerprint density at radius 3 is 2.62 bits per heavy atom. The van der Waals surface area contributed by atoms with Crippen molar-refractivity contribution in [2.45, 2.75) is 38.3 Å². The molecule has 1 spiro atoms. The van der Waals surface area contributed by atoms with E-state index in [0.717, 1.165) is 24.8 Å². The minimum atomic E-state index is -0.153. The number of fused-ring (bicyclic) bond motifs is 3. The van der Waals surface area contributed by atoms with Crippen LogP contribution in [0.3, 0.4) is 0 Å². The fraction of sp³-hybridized carbons (Fsp3) is 1.00. The van der Waals surface area contributed by atoms with E-state index in [1.165, 1.54) is 25.7 Å². The Morgan fingerprint density at radius 2 is 2.15 bits per heavy atom. The van der Waals surface area contributed by atoms with Crippen LogP contribution < -0.4 is 0 Å². The standard InChI is InChI=1S/C11H19NO/c1-12-7-11(6-10(12)13)5-8-2-3-9(11)4-8/h8-10,13H,2-7H2,1H3. The van der Waals surface area contributed by atoms with Crippen LogP contribution in [0.25, 0.3) is 0 Å². The maximum Gasteiger partial charge on any atom is 0.107 e. The molecule has 13 heavy (non-hydrogen) atoms. The topological polar surface area (TPSA) is 23.5 Å². The Labute approximate surface area is 79.9 Å². The van der Waals surface area contributed by atoms with Crippen molar-refractivity contribution < 1.29 is 5.11 Å². The fourth-order valence-corrected chi connectivity index (χ4v) is 4.19. The van der Waals surface area contributed by atoms with Crippen LogP contribution in [0.1, 0.15) is 32.1 Å². The van der Waals surface area contributed by atoms with Crippen LogP contribution in [-0.4, -0.2) is 29.8 Å². The van der Waals surface area contributed by atoms with Gasteiger partial charge < -0.3 is 5.11 Å². The van der Waals surface area contributed by atoms with Crippen LogP contribution in [0, 0.1) is 17.3 Å². The van der Waals surface area contributed by atoms with Gasteiger partial charge in [-0.3, -0.25) is 4.90 Å². The lowest BCUT2D eigenvalue weighted by atomic mass is 9.72. The van der Waals surface area contributed by atoms with E-state index in [4.69, 9.17) is 0 Å². The number of nitrogens with zero attached hydrogens (tertiary/aromatic N) is 1. The molecule has 1 aliphatic heterocycles. The Bertz CT molecular complexity index is 218. The van der Waals surface area contributed by atoms with Gasteiger partial charge in [-0.2, -0.15) is 0 Å². The van der Waals surface area contributed by atoms with Gasteiger partial charge >= 0.3 is 0 Å². The number of hydrogen-bond donors (Lipinski definition) is 1. The zero-order valence-electron chi connectivity index (χ0n) is 8.37. The van der Waals surface area contributed by atoms with Crippen molar-refractivity contribution in [2.75, 3.05) is 13.6 Å². The van der Waals surface area contributed by atoms with Crippen molar-refractivity contribution in [3.8, 4) is 0 Å². The van der Waals surface area contributed by atoms with E-state index in [-0.39, 0.29) is 6.23 Å². The van der Waals surface area contributed by atoms with Crippen LogP contribution in [-0.2, 0) is 0 Å². The summed E-state index contributed by atoms with van der Waals surface area (Å²) in [5.41, 5.74) is 0.525. The predicted molar refractivity (Wildman–Crippen MR) is 51.1 cm³/mol. The molecule has 4 unspecified atom stereocenters. The molecule has 3 aliphatic rings. The van der Waals surface area contributed by atoms with Gasteiger partial charge in [0, 0.05) is 6.54 Å². The van der Waals surface area contributed by atoms with Gasteiger partial charge in [-0.15, -0.1) is 0 Å². The van der Waals surface area contributed by atoms with E-state index in [9.17, 15) is 5.11 Å². The van der Waals surface area contributed by atoms with E-state index in [2.05, 4.69) is 11.9 Å². The van der Waals surface area contributed by atoms with Gasteiger partial charge in [0.05, 0.1) is 0 Å². The van der Waals surface area contributed by atoms with Crippen molar-refractivity contribution in [3.63, 3.8) is 0 Å². The molecule has 2 aliphatic carbocycles. The predicted octanol–water partition coefficient (Wildman–Crippen LogP) is 1.45. The first-order chi connectivity index (χ1) is 6.20. The molecular formula is C11H19NO. The number of aliphatic hydroxyl groups excluding tert-OH is 1. The molecule has 0 aromatic carbocycles. The third-order valence-corrected chi connectivity index (χ3v) is 4.76. The second-order valence-corrected chi connectivity index (χ2v) is 5.54. The SMILES string of the molecule is CN1CC2(CC3CCC2C3)CC1O. The lowest BCUT2D eigenvalue weighted by molar-refractivity contribution is 0.0556. The Kier molecular flexibility index (Phi) is 1.58. The normalized spacial score (nSPS) is 55.4. The zero-order valence-corrected chi connectivity index (χ0v) is 8.37. The average molecular weight is 181 g/mol. The quantitative estimate of drug-likeness (QED) is 0.611. The molecule has 2 saturated carbocycles. The Balaban J connectivity index is 1.84. The molecule has 2 bridgehead atoms. The molecule has 3 rings (SSSR count). The smallest absolute Gasteiger partial charge is 0.107 e. The minimum absolute atomic E-state index is 0.153. The highest BCUT2D eigenvalue weighted by molar-refractivity contribution is 5.05. The van der Waals surface area contributed by atoms with Crippen molar-refractivity contribution in [1.29, 1.82) is 0 Å². The summed E-state index contributed by atoms with van der Waals surface area (Å²) in [6.45, 7) is 1.15. The van der Waals surface area contributed by atoms with Crippen molar-refractivity contribution in [2.24, 2.45) is 17.3 Å². The summed E-state index contributed by atoms with van der Waals surface area (Å²) < 4.78 is 0. The van der Waals surface area contributed by atoms with Gasteiger partial charge in [0.2, 0.25) is 0 Å². The highest BCUT2D eigenvalue weighted by atomic mass is 16.3. The summed E-state index contributed by atoms with van der Waals surface area (Å²) in [7, 11) is 2.06. The molecule has 74 valence electrons. The molecule has 2 nitrogen and oxygen atoms in total. The maximum atomic E-state index is 9.78. The molecule has 1 saturated heterocycles. The van der Waals surface area contributed by atoms with Crippen LogP contribution in [0.15, 0.2) is 0 Å². The summed E-state index contributed by atoms with van der Waals surface area (Å²) in [4.78, 5) is 2.14. The first-order valence-corrected chi connectivity index (χ1v) is 5.58. The molecule has 0 aromatic rings. The van der Waals surface area contributed by atoms with Crippen LogP contribution in [0.4, 0.5) is 0 Å². The summed E-state index contributed by atoms with van der Waals surface area (Å²) in [6, 6.07) is 0. The van der Waals surface area contributed by atoms with E-state index in [1.54, 1.807) is 0 Å². The van der Waals surface area contributed by atoms with Gasteiger partial charge in [0.15, 0.2) is 0 Å². The minimum Gasteiger partial charge on any atom is -0.378 e. The first kappa shape index (κ1) is 8.25. The van der Waals surface area contributed by atoms with Gasteiger partial charge in [-0.25, -0.2) is 0 Å². The van der Waals surface area contributed by atoms with Crippen LogP contribution in [0.2, 0.25) is 0 Å². The average Bonchev–Trinajstić information content (AvgIpc) is 2.68. The molecule has 2 heteroatoms. The molecular weight excluding hydrogens is 162 g/mol. The van der Waals surface area contributed by atoms with Gasteiger partial charge in [-0.05, 0) is 50.0 Å². The fourth-order valence-electron chi connectivity index (χ4n) is 4.19.